The van der Waals surface area contributed by atoms with Crippen molar-refractivity contribution in [2.45, 2.75) is 0 Å². The molecule has 0 aliphatic heterocycles. The zero-order chi connectivity index (χ0) is 32.1. The molecule has 11 heteroatoms. The first kappa shape index (κ1) is 28.1. The van der Waals surface area contributed by atoms with Crippen molar-refractivity contribution in [1.29, 1.82) is 15.8 Å². The van der Waals surface area contributed by atoms with Gasteiger partial charge in [0.25, 0.3) is 0 Å². The van der Waals surface area contributed by atoms with Gasteiger partial charge in [-0.25, -0.2) is 23.0 Å². The molecule has 0 saturated carbocycles. The second-order valence-electron chi connectivity index (χ2n) is 10.1. The van der Waals surface area contributed by atoms with Crippen LogP contribution in [0.25, 0.3) is 71.1 Å². The standard InChI is InChI=1S/C35H12F3N7S/c1-42-21-11-17(14-39)10-20(12-21)23-13-24-29(35-34(23)44-46-45-35)22-4-2-3-5-27(22)43-33(24)19-8-6-18(7-9-19)28-31(37)25(15-40)30(36)26(16-41)32(28)38/h2-13H. The molecule has 0 aliphatic carbocycles. The lowest BCUT2D eigenvalue weighted by Crippen LogP contribution is -2.03. The average Bonchev–Trinajstić information content (AvgIpc) is 3.58. The number of nitrogens with zero attached hydrogens (tertiary/aromatic N) is 7. The maximum absolute atomic E-state index is 15.2. The zero-order valence-corrected chi connectivity index (χ0v) is 23.9. The predicted octanol–water partition coefficient (Wildman–Crippen LogP) is 8.98. The smallest absolute Gasteiger partial charge is 0.189 e. The molecule has 0 radical (unpaired) electrons. The molecule has 0 aliphatic rings. The van der Waals surface area contributed by atoms with E-state index in [1.54, 1.807) is 24.3 Å². The largest absolute Gasteiger partial charge is 0.247 e. The van der Waals surface area contributed by atoms with E-state index >= 15 is 8.78 Å². The lowest BCUT2D eigenvalue weighted by atomic mass is 9.92. The maximum atomic E-state index is 15.2. The van der Waals surface area contributed by atoms with Crippen molar-refractivity contribution in [2.24, 2.45) is 0 Å². The molecule has 0 amide bonds. The first-order valence-electron chi connectivity index (χ1n) is 13.4. The molecule has 2 heterocycles. The van der Waals surface area contributed by atoms with Crippen LogP contribution in [-0.4, -0.2) is 13.7 Å². The normalized spacial score (nSPS) is 10.8. The molecule has 7 rings (SSSR count). The number of hydrogen-bond acceptors (Lipinski definition) is 7. The van der Waals surface area contributed by atoms with Crippen LogP contribution in [0.1, 0.15) is 16.7 Å². The lowest BCUT2D eigenvalue weighted by molar-refractivity contribution is 0.539. The molecular formula is C35H12F3N7S. The van der Waals surface area contributed by atoms with Crippen LogP contribution in [0.3, 0.4) is 0 Å². The summed E-state index contributed by atoms with van der Waals surface area (Å²) in [6, 6.07) is 25.0. The van der Waals surface area contributed by atoms with Crippen molar-refractivity contribution in [2.75, 3.05) is 0 Å². The molecule has 5 aromatic carbocycles. The minimum Gasteiger partial charge on any atom is -0.247 e. The highest BCUT2D eigenvalue weighted by molar-refractivity contribution is 7.00. The monoisotopic (exact) mass is 619 g/mol. The number of pyridine rings is 1. The van der Waals surface area contributed by atoms with Crippen molar-refractivity contribution < 1.29 is 13.2 Å². The van der Waals surface area contributed by atoms with E-state index in [-0.39, 0.29) is 11.3 Å². The Kier molecular flexibility index (Phi) is 6.61. The van der Waals surface area contributed by atoms with E-state index < -0.39 is 34.1 Å². The van der Waals surface area contributed by atoms with E-state index in [1.165, 1.54) is 30.3 Å². The Morgan fingerprint density at radius 2 is 1.37 bits per heavy atom. The number of rotatable bonds is 3. The molecule has 7 nitrogen and oxygen atoms in total. The van der Waals surface area contributed by atoms with E-state index in [9.17, 15) is 20.2 Å². The summed E-state index contributed by atoms with van der Waals surface area (Å²) in [6.07, 6.45) is 0. The topological polar surface area (TPSA) is 114 Å². The second-order valence-corrected chi connectivity index (χ2v) is 10.7. The number of nitriles is 3. The molecule has 214 valence electrons. The summed E-state index contributed by atoms with van der Waals surface area (Å²) in [5.41, 5.74) is 1.96. The van der Waals surface area contributed by atoms with Gasteiger partial charge in [-0.1, -0.05) is 42.5 Å². The van der Waals surface area contributed by atoms with Gasteiger partial charge in [0.05, 0.1) is 41.1 Å². The molecule has 2 aromatic heterocycles. The molecule has 0 unspecified atom stereocenters. The summed E-state index contributed by atoms with van der Waals surface area (Å²) in [5.74, 6) is -4.35. The minimum absolute atomic E-state index is 0.0105. The molecule has 0 N–H and O–H groups in total. The molecule has 7 aromatic rings. The van der Waals surface area contributed by atoms with Crippen LogP contribution in [0.4, 0.5) is 18.9 Å². The van der Waals surface area contributed by atoms with Gasteiger partial charge >= 0.3 is 0 Å². The van der Waals surface area contributed by atoms with Gasteiger partial charge in [-0.05, 0) is 41.5 Å². The molecule has 0 saturated heterocycles. The van der Waals surface area contributed by atoms with Crippen LogP contribution >= 0.6 is 11.7 Å². The Labute approximate surface area is 262 Å². The number of aromatic nitrogens is 3. The van der Waals surface area contributed by atoms with Gasteiger partial charge in [0.15, 0.2) is 23.1 Å². The summed E-state index contributed by atoms with van der Waals surface area (Å²) >= 11 is 1.03. The van der Waals surface area contributed by atoms with Crippen LogP contribution < -0.4 is 0 Å². The van der Waals surface area contributed by atoms with Crippen LogP contribution in [0, 0.1) is 58.0 Å². The summed E-state index contributed by atoms with van der Waals surface area (Å²) in [5, 5.41) is 30.4. The third kappa shape index (κ3) is 4.20. The highest BCUT2D eigenvalue weighted by Crippen LogP contribution is 2.42. The lowest BCUT2D eigenvalue weighted by Gasteiger charge is -2.14. The van der Waals surface area contributed by atoms with Crippen molar-refractivity contribution in [1.82, 2.24) is 13.7 Å². The van der Waals surface area contributed by atoms with Crippen molar-refractivity contribution in [3.05, 3.63) is 118 Å². The Balaban J connectivity index is 1.51. The molecule has 0 fully saturated rings. The van der Waals surface area contributed by atoms with Crippen LogP contribution in [0.2, 0.25) is 0 Å². The molecule has 0 bridgehead atoms. The zero-order valence-electron chi connectivity index (χ0n) is 23.1. The van der Waals surface area contributed by atoms with Gasteiger partial charge in [-0.15, -0.1) is 0 Å². The second kappa shape index (κ2) is 10.8. The quantitative estimate of drug-likeness (QED) is 0.144. The average molecular weight is 620 g/mol. The first-order chi connectivity index (χ1) is 22.4. The van der Waals surface area contributed by atoms with Gasteiger partial charge in [0, 0.05) is 32.8 Å². The highest BCUT2D eigenvalue weighted by atomic mass is 32.1. The molecule has 46 heavy (non-hydrogen) atoms. The minimum atomic E-state index is -1.55. The van der Waals surface area contributed by atoms with Gasteiger partial charge in [0.1, 0.15) is 34.3 Å². The summed E-state index contributed by atoms with van der Waals surface area (Å²) < 4.78 is 53.9. The number of halogens is 3. The fourth-order valence-electron chi connectivity index (χ4n) is 5.61. The summed E-state index contributed by atoms with van der Waals surface area (Å²) in [7, 11) is 0. The van der Waals surface area contributed by atoms with Gasteiger partial charge in [0.2, 0.25) is 0 Å². The highest BCUT2D eigenvalue weighted by Gasteiger charge is 2.26. The van der Waals surface area contributed by atoms with Crippen LogP contribution in [-0.2, 0) is 0 Å². The van der Waals surface area contributed by atoms with E-state index in [0.29, 0.717) is 49.9 Å². The van der Waals surface area contributed by atoms with Gasteiger partial charge < -0.3 is 0 Å². The summed E-state index contributed by atoms with van der Waals surface area (Å²) in [6.45, 7) is 7.52. The van der Waals surface area contributed by atoms with E-state index in [4.69, 9.17) is 11.6 Å². The van der Waals surface area contributed by atoms with Gasteiger partial charge in [-0.2, -0.15) is 24.5 Å². The first-order valence-corrected chi connectivity index (χ1v) is 14.1. The number of para-hydroxylation sites is 1. The number of hydrogen-bond donors (Lipinski definition) is 0. The molecule has 0 atom stereocenters. The fourth-order valence-corrected chi connectivity index (χ4v) is 6.18. The molecule has 0 spiro atoms. The molecular weight excluding hydrogens is 607 g/mol. The maximum Gasteiger partial charge on any atom is 0.189 e. The van der Waals surface area contributed by atoms with E-state index in [2.05, 4.69) is 19.7 Å². The third-order valence-corrected chi connectivity index (χ3v) is 8.20. The summed E-state index contributed by atoms with van der Waals surface area (Å²) in [4.78, 5) is 8.46. The van der Waals surface area contributed by atoms with Crippen LogP contribution in [0.15, 0.2) is 72.8 Å². The Morgan fingerprint density at radius 3 is 2.04 bits per heavy atom. The number of fused-ring (bicyclic) bond motifs is 5. The Hall–Kier alpha value is -6.66. The number of benzene rings is 5. The fraction of sp³-hybridized carbons (Fsp3) is 0. The van der Waals surface area contributed by atoms with Crippen LogP contribution in [0.5, 0.6) is 0 Å². The van der Waals surface area contributed by atoms with E-state index in [0.717, 1.165) is 22.5 Å². The Morgan fingerprint density at radius 1 is 0.696 bits per heavy atom. The van der Waals surface area contributed by atoms with Gasteiger partial charge in [-0.3, -0.25) is 0 Å². The third-order valence-electron chi connectivity index (χ3n) is 7.67. The van der Waals surface area contributed by atoms with Crippen molar-refractivity contribution in [3.63, 3.8) is 0 Å². The predicted molar refractivity (Wildman–Crippen MR) is 167 cm³/mol. The Bertz CT molecular complexity index is 2550. The SMILES string of the molecule is [C-]#[N+]c1cc(C#N)cc(-c2cc3c(-c4ccc(-c5c(F)c(C#N)c(F)c(C#N)c5F)cc4)nc4ccccc4c3c3nsnc23)c1. The van der Waals surface area contributed by atoms with E-state index in [1.807, 2.05) is 30.3 Å². The van der Waals surface area contributed by atoms with Crippen molar-refractivity contribution >= 4 is 50.1 Å². The van der Waals surface area contributed by atoms with Crippen molar-refractivity contribution in [3.8, 4) is 51.7 Å².